The van der Waals surface area contributed by atoms with Crippen molar-refractivity contribution in [2.24, 2.45) is 0 Å². The number of rotatable bonds is 14. The summed E-state index contributed by atoms with van der Waals surface area (Å²) in [6, 6.07) is 0. The van der Waals surface area contributed by atoms with Gasteiger partial charge < -0.3 is 54.7 Å². The Morgan fingerprint density at radius 1 is 0.606 bits per heavy atom. The van der Waals surface area contributed by atoms with Crippen molar-refractivity contribution in [3.05, 3.63) is 0 Å². The predicted octanol–water partition coefficient (Wildman–Crippen LogP) is -1.23. The molecule has 33 heavy (non-hydrogen) atoms. The van der Waals surface area contributed by atoms with Crippen LogP contribution in [0.2, 0.25) is 0 Å². The molecule has 196 valence electrons. The zero-order valence-corrected chi connectivity index (χ0v) is 19.3. The van der Waals surface area contributed by atoms with E-state index in [0.717, 1.165) is 19.3 Å². The van der Waals surface area contributed by atoms with Gasteiger partial charge in [-0.25, -0.2) is 0 Å². The number of aliphatic hydroxyl groups is 7. The number of hydrogen-bond donors (Lipinski definition) is 7. The molecule has 0 amide bonds. The predicted molar refractivity (Wildman–Crippen MR) is 115 cm³/mol. The van der Waals surface area contributed by atoms with Gasteiger partial charge in [0.05, 0.1) is 13.2 Å². The molecule has 0 aromatic heterocycles. The first-order chi connectivity index (χ1) is 15.8. The van der Waals surface area contributed by atoms with Gasteiger partial charge in [-0.2, -0.15) is 0 Å². The van der Waals surface area contributed by atoms with Crippen LogP contribution >= 0.6 is 0 Å². The maximum absolute atomic E-state index is 10.6. The largest absolute Gasteiger partial charge is 0.394 e. The highest BCUT2D eigenvalue weighted by Gasteiger charge is 2.50. The number of ether oxygens (including phenoxy) is 4. The highest BCUT2D eigenvalue weighted by atomic mass is 16.7. The van der Waals surface area contributed by atoms with Crippen molar-refractivity contribution >= 4 is 0 Å². The van der Waals surface area contributed by atoms with Gasteiger partial charge in [-0.15, -0.1) is 0 Å². The fourth-order valence-corrected chi connectivity index (χ4v) is 4.13. The molecule has 2 fully saturated rings. The first-order valence-electron chi connectivity index (χ1n) is 12.1. The third-order valence-corrected chi connectivity index (χ3v) is 6.24. The van der Waals surface area contributed by atoms with Gasteiger partial charge in [0.25, 0.3) is 0 Å². The van der Waals surface area contributed by atoms with Crippen molar-refractivity contribution in [3.63, 3.8) is 0 Å². The molecule has 0 aromatic rings. The van der Waals surface area contributed by atoms with Gasteiger partial charge in [-0.1, -0.05) is 51.9 Å². The molecule has 2 aliphatic heterocycles. The van der Waals surface area contributed by atoms with Crippen molar-refractivity contribution in [3.8, 4) is 0 Å². The lowest BCUT2D eigenvalue weighted by molar-refractivity contribution is -0.359. The van der Waals surface area contributed by atoms with Crippen LogP contribution in [0.15, 0.2) is 0 Å². The quantitative estimate of drug-likeness (QED) is 0.147. The topological polar surface area (TPSA) is 179 Å². The Hall–Kier alpha value is -0.440. The van der Waals surface area contributed by atoms with Gasteiger partial charge in [0.15, 0.2) is 12.6 Å². The van der Waals surface area contributed by atoms with Crippen LogP contribution in [0.25, 0.3) is 0 Å². The Bertz CT molecular complexity index is 521. The average molecular weight is 483 g/mol. The number of aliphatic hydroxyl groups excluding tert-OH is 7. The second-order valence-electron chi connectivity index (χ2n) is 8.85. The van der Waals surface area contributed by atoms with Crippen LogP contribution in [0.4, 0.5) is 0 Å². The Labute approximate surface area is 194 Å². The zero-order chi connectivity index (χ0) is 24.4. The summed E-state index contributed by atoms with van der Waals surface area (Å²) in [4.78, 5) is 0. The van der Waals surface area contributed by atoms with Crippen molar-refractivity contribution in [1.82, 2.24) is 0 Å². The van der Waals surface area contributed by atoms with Crippen LogP contribution in [0, 0.1) is 0 Å². The lowest BCUT2D eigenvalue weighted by Gasteiger charge is -2.45. The molecule has 0 saturated carbocycles. The molecule has 0 bridgehead atoms. The minimum Gasteiger partial charge on any atom is -0.394 e. The van der Waals surface area contributed by atoms with Gasteiger partial charge in [0.2, 0.25) is 0 Å². The molecule has 0 unspecified atom stereocenters. The molecule has 2 rings (SSSR count). The van der Waals surface area contributed by atoms with E-state index in [1.807, 2.05) is 0 Å². The van der Waals surface area contributed by atoms with E-state index in [4.69, 9.17) is 18.9 Å². The van der Waals surface area contributed by atoms with E-state index in [9.17, 15) is 35.7 Å². The highest BCUT2D eigenvalue weighted by Crippen LogP contribution is 2.29. The second-order valence-corrected chi connectivity index (χ2v) is 8.85. The maximum atomic E-state index is 10.6. The van der Waals surface area contributed by atoms with E-state index >= 15 is 0 Å². The smallest absolute Gasteiger partial charge is 0.187 e. The Kier molecular flexibility index (Phi) is 13.0. The van der Waals surface area contributed by atoms with Crippen LogP contribution in [0.1, 0.15) is 58.3 Å². The van der Waals surface area contributed by atoms with Crippen LogP contribution in [0.5, 0.6) is 0 Å². The zero-order valence-electron chi connectivity index (χ0n) is 19.3. The molecule has 0 spiro atoms. The van der Waals surface area contributed by atoms with E-state index in [2.05, 4.69) is 6.92 Å². The van der Waals surface area contributed by atoms with Crippen LogP contribution in [-0.2, 0) is 18.9 Å². The molecule has 11 heteroatoms. The molecule has 7 N–H and O–H groups in total. The highest BCUT2D eigenvalue weighted by molar-refractivity contribution is 4.94. The van der Waals surface area contributed by atoms with Crippen LogP contribution in [-0.4, -0.2) is 117 Å². The standard InChI is InChI=1S/C22H42O11/c1-2-3-4-5-6-7-8-9-10-30-21-19(29)17(27)20(14(12-24)32-21)33-22-18(28)16(26)15(25)13(11-23)31-22/h13-29H,2-12H2,1H3/t13-,14-,15-,16+,17-,18-,19-,20-,21+,22-/m1/s1. The molecular weight excluding hydrogens is 440 g/mol. The van der Waals surface area contributed by atoms with Gasteiger partial charge in [-0.3, -0.25) is 0 Å². The summed E-state index contributed by atoms with van der Waals surface area (Å²) in [6.45, 7) is 1.28. The minimum absolute atomic E-state index is 0.319. The first-order valence-corrected chi connectivity index (χ1v) is 12.1. The molecule has 2 aliphatic rings. The molecule has 0 aliphatic carbocycles. The average Bonchev–Trinajstić information content (AvgIpc) is 2.82. The summed E-state index contributed by atoms with van der Waals surface area (Å²) in [6.07, 6.45) is -5.35. The molecule has 11 nitrogen and oxygen atoms in total. The lowest BCUT2D eigenvalue weighted by atomic mass is 9.97. The molecule has 2 heterocycles. The Morgan fingerprint density at radius 3 is 1.76 bits per heavy atom. The van der Waals surface area contributed by atoms with Gasteiger partial charge in [0, 0.05) is 6.61 Å². The SMILES string of the molecule is CCCCCCCCCCO[C@H]1O[C@H](CO)[C@@H](O[C@H]2O[C@H](CO)[C@@H](O)[C@H](O)[C@H]2O)[C@H](O)[C@H]1O. The molecule has 0 radical (unpaired) electrons. The summed E-state index contributed by atoms with van der Waals surface area (Å²) in [5.74, 6) is 0. The lowest BCUT2D eigenvalue weighted by Crippen LogP contribution is -2.64. The molecule has 2 saturated heterocycles. The van der Waals surface area contributed by atoms with Crippen molar-refractivity contribution < 1.29 is 54.7 Å². The fourth-order valence-electron chi connectivity index (χ4n) is 4.13. The monoisotopic (exact) mass is 482 g/mol. The Morgan fingerprint density at radius 2 is 1.15 bits per heavy atom. The van der Waals surface area contributed by atoms with E-state index in [1.165, 1.54) is 32.1 Å². The van der Waals surface area contributed by atoms with E-state index in [-0.39, 0.29) is 0 Å². The van der Waals surface area contributed by atoms with Gasteiger partial charge in [-0.05, 0) is 6.42 Å². The molecule has 0 aromatic carbocycles. The number of unbranched alkanes of at least 4 members (excludes halogenated alkanes) is 7. The third kappa shape index (κ3) is 8.04. The maximum Gasteiger partial charge on any atom is 0.187 e. The van der Waals surface area contributed by atoms with Crippen LogP contribution < -0.4 is 0 Å². The summed E-state index contributed by atoms with van der Waals surface area (Å²) >= 11 is 0. The van der Waals surface area contributed by atoms with E-state index in [1.54, 1.807) is 0 Å². The normalized spacial score (nSPS) is 39.6. The number of hydrogen-bond acceptors (Lipinski definition) is 11. The van der Waals surface area contributed by atoms with E-state index < -0.39 is 74.6 Å². The van der Waals surface area contributed by atoms with Crippen LogP contribution in [0.3, 0.4) is 0 Å². The minimum atomic E-state index is -1.69. The molecular formula is C22H42O11. The second kappa shape index (κ2) is 14.8. The summed E-state index contributed by atoms with van der Waals surface area (Å²) in [5.41, 5.74) is 0. The van der Waals surface area contributed by atoms with E-state index in [0.29, 0.717) is 6.61 Å². The summed E-state index contributed by atoms with van der Waals surface area (Å²) in [7, 11) is 0. The Balaban J connectivity index is 1.82. The molecule has 10 atom stereocenters. The third-order valence-electron chi connectivity index (χ3n) is 6.24. The fraction of sp³-hybridized carbons (Fsp3) is 1.00. The van der Waals surface area contributed by atoms with Crippen molar-refractivity contribution in [1.29, 1.82) is 0 Å². The summed E-state index contributed by atoms with van der Waals surface area (Å²) in [5, 5.41) is 69.9. The van der Waals surface area contributed by atoms with Gasteiger partial charge >= 0.3 is 0 Å². The first kappa shape index (κ1) is 28.8. The van der Waals surface area contributed by atoms with Gasteiger partial charge in [0.1, 0.15) is 48.8 Å². The van der Waals surface area contributed by atoms with Crippen molar-refractivity contribution in [2.45, 2.75) is 120 Å². The van der Waals surface area contributed by atoms with Crippen molar-refractivity contribution in [2.75, 3.05) is 19.8 Å². The summed E-state index contributed by atoms with van der Waals surface area (Å²) < 4.78 is 22.0.